The summed E-state index contributed by atoms with van der Waals surface area (Å²) in [5.41, 5.74) is 1.43. The molecule has 0 fully saturated rings. The number of nitrogens with zero attached hydrogens (tertiary/aromatic N) is 1. The number of amides is 1. The van der Waals surface area contributed by atoms with Crippen molar-refractivity contribution in [1.82, 2.24) is 0 Å². The lowest BCUT2D eigenvalue weighted by Crippen LogP contribution is -2.34. The normalized spacial score (nSPS) is 14.2. The van der Waals surface area contributed by atoms with Crippen molar-refractivity contribution in [3.05, 3.63) is 52.5 Å². The average Bonchev–Trinajstić information content (AvgIpc) is 2.65. The van der Waals surface area contributed by atoms with Crippen molar-refractivity contribution in [3.8, 4) is 5.75 Å². The molecule has 0 spiro atoms. The fourth-order valence-electron chi connectivity index (χ4n) is 3.13. The maximum Gasteiger partial charge on any atom is 0.422 e. The summed E-state index contributed by atoms with van der Waals surface area (Å²) in [6.07, 6.45) is -2.22. The van der Waals surface area contributed by atoms with E-state index in [-0.39, 0.29) is 22.0 Å². The second-order valence-electron chi connectivity index (χ2n) is 6.78. The van der Waals surface area contributed by atoms with Crippen LogP contribution in [0.1, 0.15) is 22.3 Å². The topological polar surface area (TPSA) is 75.7 Å². The number of hydrogen-bond acceptors (Lipinski definition) is 4. The van der Waals surface area contributed by atoms with Crippen molar-refractivity contribution in [3.63, 3.8) is 0 Å². The molecule has 1 N–H and O–H groups in total. The quantitative estimate of drug-likeness (QED) is 0.721. The minimum absolute atomic E-state index is 0.00719. The lowest BCUT2D eigenvalue weighted by molar-refractivity contribution is -0.153. The number of rotatable bonds is 5. The first-order chi connectivity index (χ1) is 13.9. The van der Waals surface area contributed by atoms with E-state index >= 15 is 0 Å². The van der Waals surface area contributed by atoms with Gasteiger partial charge >= 0.3 is 6.18 Å². The molecular formula is C19H18ClF3N2O4S. The van der Waals surface area contributed by atoms with Gasteiger partial charge in [0.1, 0.15) is 5.75 Å². The SMILES string of the molecule is CS(=O)(=O)N1CCCc2cc(C(=O)Nc3cc(Cl)ccc3OCC(F)(F)F)ccc21. The Balaban J connectivity index is 1.84. The summed E-state index contributed by atoms with van der Waals surface area (Å²) in [4.78, 5) is 12.7. The summed E-state index contributed by atoms with van der Waals surface area (Å²) in [5, 5.41) is 2.71. The first-order valence-corrected chi connectivity index (χ1v) is 11.1. The Kier molecular flexibility index (Phi) is 6.19. The first-order valence-electron chi connectivity index (χ1n) is 8.85. The van der Waals surface area contributed by atoms with Crippen LogP contribution in [0.25, 0.3) is 0 Å². The molecule has 11 heteroatoms. The van der Waals surface area contributed by atoms with Crippen LogP contribution in [0.3, 0.4) is 0 Å². The van der Waals surface area contributed by atoms with E-state index in [1.165, 1.54) is 28.6 Å². The van der Waals surface area contributed by atoms with E-state index in [4.69, 9.17) is 16.3 Å². The highest BCUT2D eigenvalue weighted by molar-refractivity contribution is 7.92. The summed E-state index contributed by atoms with van der Waals surface area (Å²) in [6, 6.07) is 8.45. The molecule has 6 nitrogen and oxygen atoms in total. The van der Waals surface area contributed by atoms with Crippen molar-refractivity contribution in [1.29, 1.82) is 0 Å². The van der Waals surface area contributed by atoms with E-state index in [2.05, 4.69) is 5.32 Å². The van der Waals surface area contributed by atoms with Crippen LogP contribution in [0.5, 0.6) is 5.75 Å². The van der Waals surface area contributed by atoms with E-state index < -0.39 is 28.7 Å². The second-order valence-corrected chi connectivity index (χ2v) is 9.12. The zero-order valence-corrected chi connectivity index (χ0v) is 17.4. The monoisotopic (exact) mass is 462 g/mol. The Morgan fingerprint density at radius 3 is 2.63 bits per heavy atom. The fraction of sp³-hybridized carbons (Fsp3) is 0.316. The minimum atomic E-state index is -4.54. The Morgan fingerprint density at radius 1 is 1.23 bits per heavy atom. The highest BCUT2D eigenvalue weighted by Gasteiger charge is 2.29. The highest BCUT2D eigenvalue weighted by atomic mass is 35.5. The molecule has 0 atom stereocenters. The number of nitrogens with one attached hydrogen (secondary N) is 1. The van der Waals surface area contributed by atoms with Gasteiger partial charge in [0, 0.05) is 17.1 Å². The molecule has 0 aromatic heterocycles. The van der Waals surface area contributed by atoms with Gasteiger partial charge in [-0.3, -0.25) is 9.10 Å². The molecule has 0 unspecified atom stereocenters. The number of alkyl halides is 3. The molecule has 1 heterocycles. The van der Waals surface area contributed by atoms with Crippen molar-refractivity contribution in [2.24, 2.45) is 0 Å². The maximum atomic E-state index is 12.7. The number of fused-ring (bicyclic) bond motifs is 1. The number of carbonyl (C=O) groups excluding carboxylic acids is 1. The molecule has 0 bridgehead atoms. The van der Waals surface area contributed by atoms with Crippen molar-refractivity contribution < 1.29 is 31.1 Å². The fourth-order valence-corrected chi connectivity index (χ4v) is 4.30. The van der Waals surface area contributed by atoms with Crippen molar-refractivity contribution in [2.75, 3.05) is 29.0 Å². The number of aryl methyl sites for hydroxylation is 1. The average molecular weight is 463 g/mol. The van der Waals surface area contributed by atoms with Gasteiger partial charge in [-0.2, -0.15) is 13.2 Å². The van der Waals surface area contributed by atoms with Crippen LogP contribution >= 0.6 is 11.6 Å². The summed E-state index contributed by atoms with van der Waals surface area (Å²) in [7, 11) is -3.44. The van der Waals surface area contributed by atoms with Crippen LogP contribution in [-0.2, 0) is 16.4 Å². The Labute approximate surface area is 176 Å². The van der Waals surface area contributed by atoms with Crippen LogP contribution in [0.4, 0.5) is 24.5 Å². The molecule has 1 aliphatic heterocycles. The molecule has 3 rings (SSSR count). The summed E-state index contributed by atoms with van der Waals surface area (Å²) in [6.45, 7) is -1.16. The van der Waals surface area contributed by atoms with Crippen molar-refractivity contribution >= 4 is 38.9 Å². The van der Waals surface area contributed by atoms with Crippen LogP contribution in [0, 0.1) is 0 Å². The molecule has 1 aliphatic rings. The Morgan fingerprint density at radius 2 is 1.97 bits per heavy atom. The Hall–Kier alpha value is -2.46. The predicted octanol–water partition coefficient (Wildman–Crippen LogP) is 4.25. The van der Waals surface area contributed by atoms with Crippen LogP contribution < -0.4 is 14.4 Å². The van der Waals surface area contributed by atoms with Gasteiger partial charge in [0.05, 0.1) is 17.6 Å². The molecule has 2 aromatic rings. The van der Waals surface area contributed by atoms with Gasteiger partial charge in [-0.15, -0.1) is 0 Å². The van der Waals surface area contributed by atoms with Crippen LogP contribution in [-0.4, -0.2) is 39.9 Å². The molecule has 162 valence electrons. The van der Waals surface area contributed by atoms with E-state index in [1.807, 2.05) is 0 Å². The zero-order valence-electron chi connectivity index (χ0n) is 15.8. The standard InChI is InChI=1S/C19H18ClF3N2O4S/c1-30(27,28)25-8-2-3-12-9-13(4-6-16(12)25)18(26)24-15-10-14(20)5-7-17(15)29-11-19(21,22)23/h4-7,9-10H,2-3,8,11H2,1H3,(H,24,26). The summed E-state index contributed by atoms with van der Waals surface area (Å²) < 4.78 is 67.4. The van der Waals surface area contributed by atoms with E-state index in [0.29, 0.717) is 30.6 Å². The van der Waals surface area contributed by atoms with Gasteiger partial charge in [-0.25, -0.2) is 8.42 Å². The largest absolute Gasteiger partial charge is 0.482 e. The second kappa shape index (κ2) is 8.35. The number of halogens is 4. The van der Waals surface area contributed by atoms with Gasteiger partial charge in [-0.1, -0.05) is 11.6 Å². The summed E-state index contributed by atoms with van der Waals surface area (Å²) in [5.74, 6) is -0.764. The number of ether oxygens (including phenoxy) is 1. The van der Waals surface area contributed by atoms with Crippen LogP contribution in [0.15, 0.2) is 36.4 Å². The number of sulfonamides is 1. The zero-order chi connectivity index (χ0) is 22.1. The third-order valence-electron chi connectivity index (χ3n) is 4.40. The molecule has 1 amide bonds. The smallest absolute Gasteiger partial charge is 0.422 e. The van der Waals surface area contributed by atoms with E-state index in [9.17, 15) is 26.4 Å². The Bertz CT molecular complexity index is 1070. The summed E-state index contributed by atoms with van der Waals surface area (Å²) >= 11 is 5.90. The lowest BCUT2D eigenvalue weighted by atomic mass is 10.0. The van der Waals surface area contributed by atoms with Gasteiger partial charge < -0.3 is 10.1 Å². The van der Waals surface area contributed by atoms with Gasteiger partial charge in [0.2, 0.25) is 10.0 Å². The maximum absolute atomic E-state index is 12.7. The number of carbonyl (C=O) groups is 1. The molecule has 0 radical (unpaired) electrons. The minimum Gasteiger partial charge on any atom is -0.482 e. The first kappa shape index (κ1) is 22.2. The molecular weight excluding hydrogens is 445 g/mol. The molecule has 0 aliphatic carbocycles. The van der Waals surface area contributed by atoms with E-state index in [0.717, 1.165) is 6.26 Å². The third kappa shape index (κ3) is 5.37. The van der Waals surface area contributed by atoms with Gasteiger partial charge in [0.25, 0.3) is 5.91 Å². The lowest BCUT2D eigenvalue weighted by Gasteiger charge is -2.29. The highest BCUT2D eigenvalue weighted by Crippen LogP contribution is 2.32. The molecule has 0 saturated carbocycles. The third-order valence-corrected chi connectivity index (χ3v) is 5.81. The molecule has 30 heavy (non-hydrogen) atoms. The number of benzene rings is 2. The molecule has 0 saturated heterocycles. The molecule has 2 aromatic carbocycles. The predicted molar refractivity (Wildman–Crippen MR) is 108 cm³/mol. The van der Waals surface area contributed by atoms with E-state index in [1.54, 1.807) is 12.1 Å². The van der Waals surface area contributed by atoms with Crippen LogP contribution in [0.2, 0.25) is 5.02 Å². The number of anilines is 2. The van der Waals surface area contributed by atoms with Gasteiger partial charge in [0.15, 0.2) is 6.61 Å². The number of hydrogen-bond donors (Lipinski definition) is 1. The van der Waals surface area contributed by atoms with Gasteiger partial charge in [-0.05, 0) is 54.8 Å². The van der Waals surface area contributed by atoms with Crippen molar-refractivity contribution in [2.45, 2.75) is 19.0 Å².